The standard InChI is InChI=1S/C30H28N2O5/c1-5-36-29(34)21-13-14-23(30(35)37-6-2)27(16-21)32-28(33)24-17-26(20-12-11-18(3)19(4)15-20)31-25-10-8-7-9-22(24)25/h7-17H,5-6H2,1-4H3,(H,32,33). The van der Waals surface area contributed by atoms with Crippen LogP contribution < -0.4 is 5.32 Å². The maximum atomic E-state index is 13.7. The Morgan fingerprint density at radius 2 is 1.51 bits per heavy atom. The highest BCUT2D eigenvalue weighted by atomic mass is 16.5. The van der Waals surface area contributed by atoms with E-state index >= 15 is 0 Å². The van der Waals surface area contributed by atoms with E-state index in [4.69, 9.17) is 14.5 Å². The summed E-state index contributed by atoms with van der Waals surface area (Å²) in [5.41, 5.74) is 5.37. The van der Waals surface area contributed by atoms with Gasteiger partial charge in [0.15, 0.2) is 0 Å². The van der Waals surface area contributed by atoms with E-state index in [2.05, 4.69) is 5.32 Å². The van der Waals surface area contributed by atoms with Gasteiger partial charge >= 0.3 is 11.9 Å². The number of benzene rings is 3. The van der Waals surface area contributed by atoms with Gasteiger partial charge in [-0.1, -0.05) is 30.3 Å². The van der Waals surface area contributed by atoms with E-state index < -0.39 is 17.8 Å². The molecule has 0 aliphatic carbocycles. The van der Waals surface area contributed by atoms with Crippen LogP contribution in [0.3, 0.4) is 0 Å². The number of hydrogen-bond donors (Lipinski definition) is 1. The second-order valence-electron chi connectivity index (χ2n) is 8.53. The third kappa shape index (κ3) is 5.51. The lowest BCUT2D eigenvalue weighted by molar-refractivity contribution is 0.0512. The number of fused-ring (bicyclic) bond motifs is 1. The van der Waals surface area contributed by atoms with Gasteiger partial charge in [-0.05, 0) is 75.2 Å². The minimum atomic E-state index is -0.608. The van der Waals surface area contributed by atoms with E-state index in [0.29, 0.717) is 22.2 Å². The summed E-state index contributed by atoms with van der Waals surface area (Å²) in [5, 5.41) is 3.48. The lowest BCUT2D eigenvalue weighted by Gasteiger charge is -2.14. The zero-order valence-corrected chi connectivity index (χ0v) is 21.3. The van der Waals surface area contributed by atoms with Gasteiger partial charge in [-0.3, -0.25) is 4.79 Å². The number of ether oxygens (including phenoxy) is 2. The molecule has 188 valence electrons. The Morgan fingerprint density at radius 1 is 0.784 bits per heavy atom. The van der Waals surface area contributed by atoms with E-state index in [1.807, 2.05) is 56.3 Å². The van der Waals surface area contributed by atoms with E-state index in [9.17, 15) is 14.4 Å². The number of nitrogens with one attached hydrogen (secondary N) is 1. The van der Waals surface area contributed by atoms with Gasteiger partial charge in [0.2, 0.25) is 0 Å². The monoisotopic (exact) mass is 496 g/mol. The lowest BCUT2D eigenvalue weighted by atomic mass is 10.0. The van der Waals surface area contributed by atoms with E-state index in [0.717, 1.165) is 16.7 Å². The smallest absolute Gasteiger partial charge is 0.340 e. The maximum absolute atomic E-state index is 13.7. The minimum Gasteiger partial charge on any atom is -0.462 e. The number of aromatic nitrogens is 1. The first-order chi connectivity index (χ1) is 17.8. The zero-order valence-electron chi connectivity index (χ0n) is 21.3. The fraction of sp³-hybridized carbons (Fsp3) is 0.200. The minimum absolute atomic E-state index is 0.135. The van der Waals surface area contributed by atoms with Crippen molar-refractivity contribution in [1.82, 2.24) is 4.98 Å². The molecule has 0 radical (unpaired) electrons. The predicted molar refractivity (Wildman–Crippen MR) is 143 cm³/mol. The molecular weight excluding hydrogens is 468 g/mol. The van der Waals surface area contributed by atoms with Crippen molar-refractivity contribution in [3.63, 3.8) is 0 Å². The van der Waals surface area contributed by atoms with E-state index in [-0.39, 0.29) is 30.0 Å². The Kier molecular flexibility index (Phi) is 7.63. The van der Waals surface area contributed by atoms with Crippen LogP contribution in [-0.4, -0.2) is 36.0 Å². The summed E-state index contributed by atoms with van der Waals surface area (Å²) >= 11 is 0. The third-order valence-corrected chi connectivity index (χ3v) is 6.04. The average Bonchev–Trinajstić information content (AvgIpc) is 2.89. The highest BCUT2D eigenvalue weighted by Gasteiger charge is 2.20. The summed E-state index contributed by atoms with van der Waals surface area (Å²) < 4.78 is 10.2. The number of rotatable bonds is 7. The number of esters is 2. The summed E-state index contributed by atoms with van der Waals surface area (Å²) in [4.78, 5) is 43.4. The Labute approximate surface area is 215 Å². The third-order valence-electron chi connectivity index (χ3n) is 6.04. The number of anilines is 1. The number of nitrogens with zero attached hydrogens (tertiary/aromatic N) is 1. The van der Waals surface area contributed by atoms with Crippen molar-refractivity contribution in [2.24, 2.45) is 0 Å². The number of carbonyl (C=O) groups excluding carboxylic acids is 3. The molecule has 4 rings (SSSR count). The number of pyridine rings is 1. The lowest BCUT2D eigenvalue weighted by Crippen LogP contribution is -2.18. The summed E-state index contributed by atoms with van der Waals surface area (Å²) in [7, 11) is 0. The van der Waals surface area contributed by atoms with Crippen LogP contribution in [0.1, 0.15) is 56.0 Å². The van der Waals surface area contributed by atoms with Gasteiger partial charge in [0.05, 0.1) is 46.8 Å². The molecule has 1 aromatic heterocycles. The first-order valence-electron chi connectivity index (χ1n) is 12.1. The number of carbonyl (C=O) groups is 3. The zero-order chi connectivity index (χ0) is 26.5. The van der Waals surface area contributed by atoms with Crippen LogP contribution in [-0.2, 0) is 9.47 Å². The first kappa shape index (κ1) is 25.6. The quantitative estimate of drug-likeness (QED) is 0.310. The van der Waals surface area contributed by atoms with Crippen LogP contribution in [0.4, 0.5) is 5.69 Å². The average molecular weight is 497 g/mol. The largest absolute Gasteiger partial charge is 0.462 e. The van der Waals surface area contributed by atoms with Gasteiger partial charge in [-0.2, -0.15) is 0 Å². The van der Waals surface area contributed by atoms with Crippen LogP contribution in [0.2, 0.25) is 0 Å². The molecule has 1 heterocycles. The SMILES string of the molecule is CCOC(=O)c1ccc(C(=O)OCC)c(NC(=O)c2cc(-c3ccc(C)c(C)c3)nc3ccccc23)c1. The number of aryl methyl sites for hydroxylation is 2. The van der Waals surface area contributed by atoms with Crippen LogP contribution in [0.25, 0.3) is 22.2 Å². The molecule has 0 spiro atoms. The van der Waals surface area contributed by atoms with Crippen molar-refractivity contribution in [2.75, 3.05) is 18.5 Å². The van der Waals surface area contributed by atoms with Gasteiger partial charge in [-0.15, -0.1) is 0 Å². The molecule has 3 aromatic carbocycles. The Bertz CT molecular complexity index is 1510. The van der Waals surface area contributed by atoms with Gasteiger partial charge in [0.25, 0.3) is 5.91 Å². The number of para-hydroxylation sites is 1. The second kappa shape index (κ2) is 11.0. The van der Waals surface area contributed by atoms with Gasteiger partial charge in [0, 0.05) is 10.9 Å². The van der Waals surface area contributed by atoms with Crippen LogP contribution >= 0.6 is 0 Å². The molecule has 0 atom stereocenters. The van der Waals surface area contributed by atoms with Crippen molar-refractivity contribution >= 4 is 34.4 Å². The molecule has 0 aliphatic rings. The Morgan fingerprint density at radius 3 is 2.24 bits per heavy atom. The number of hydrogen-bond acceptors (Lipinski definition) is 6. The summed E-state index contributed by atoms with van der Waals surface area (Å²) in [6, 6.07) is 19.5. The van der Waals surface area contributed by atoms with Crippen LogP contribution in [0.15, 0.2) is 66.7 Å². The Balaban J connectivity index is 1.80. The van der Waals surface area contributed by atoms with Crippen molar-refractivity contribution in [3.8, 4) is 11.3 Å². The summed E-state index contributed by atoms with van der Waals surface area (Å²) in [6.45, 7) is 7.83. The molecule has 0 saturated heterocycles. The molecule has 0 bridgehead atoms. The predicted octanol–water partition coefficient (Wildman–Crippen LogP) is 6.12. The molecule has 7 heteroatoms. The highest BCUT2D eigenvalue weighted by molar-refractivity contribution is 6.15. The molecule has 0 aliphatic heterocycles. The summed E-state index contributed by atoms with van der Waals surface area (Å²) in [6.07, 6.45) is 0. The highest BCUT2D eigenvalue weighted by Crippen LogP contribution is 2.28. The Hall–Kier alpha value is -4.52. The van der Waals surface area contributed by atoms with Crippen molar-refractivity contribution < 1.29 is 23.9 Å². The van der Waals surface area contributed by atoms with Crippen molar-refractivity contribution in [1.29, 1.82) is 0 Å². The van der Waals surface area contributed by atoms with Crippen LogP contribution in [0.5, 0.6) is 0 Å². The maximum Gasteiger partial charge on any atom is 0.340 e. The number of amides is 1. The normalized spacial score (nSPS) is 10.7. The molecular formula is C30H28N2O5. The molecule has 0 unspecified atom stereocenters. The summed E-state index contributed by atoms with van der Waals surface area (Å²) in [5.74, 6) is -1.61. The van der Waals surface area contributed by atoms with Gasteiger partial charge < -0.3 is 14.8 Å². The first-order valence-corrected chi connectivity index (χ1v) is 12.1. The fourth-order valence-electron chi connectivity index (χ4n) is 3.98. The van der Waals surface area contributed by atoms with Gasteiger partial charge in [0.1, 0.15) is 0 Å². The topological polar surface area (TPSA) is 94.6 Å². The molecule has 1 amide bonds. The molecule has 0 saturated carbocycles. The molecule has 4 aromatic rings. The van der Waals surface area contributed by atoms with Gasteiger partial charge in [-0.25, -0.2) is 14.6 Å². The molecule has 0 fully saturated rings. The van der Waals surface area contributed by atoms with Crippen LogP contribution in [0, 0.1) is 13.8 Å². The van der Waals surface area contributed by atoms with E-state index in [1.54, 1.807) is 19.9 Å². The molecule has 37 heavy (non-hydrogen) atoms. The molecule has 7 nitrogen and oxygen atoms in total. The van der Waals surface area contributed by atoms with Crippen molar-refractivity contribution in [3.05, 3.63) is 94.5 Å². The second-order valence-corrected chi connectivity index (χ2v) is 8.53. The van der Waals surface area contributed by atoms with E-state index in [1.165, 1.54) is 18.2 Å². The fourth-order valence-corrected chi connectivity index (χ4v) is 3.98. The van der Waals surface area contributed by atoms with Crippen molar-refractivity contribution in [2.45, 2.75) is 27.7 Å². The molecule has 1 N–H and O–H groups in total.